The number of benzene rings is 1. The van der Waals surface area contributed by atoms with Crippen molar-refractivity contribution >= 4 is 34.2 Å². The lowest BCUT2D eigenvalue weighted by molar-refractivity contribution is 1.07. The summed E-state index contributed by atoms with van der Waals surface area (Å²) in [5.74, 6) is 0. The number of rotatable bonds is 1. The van der Waals surface area contributed by atoms with Gasteiger partial charge in [-0.15, -0.1) is 0 Å². The first-order valence-corrected chi connectivity index (χ1v) is 4.72. The second kappa shape index (κ2) is 4.08. The van der Waals surface area contributed by atoms with Crippen LogP contribution in [0.5, 0.6) is 0 Å². The molecule has 4 heteroatoms. The van der Waals surface area contributed by atoms with Gasteiger partial charge in [0.15, 0.2) is 0 Å². The summed E-state index contributed by atoms with van der Waals surface area (Å²) < 4.78 is 0.889. The minimum Gasteiger partial charge on any atom is -0.326 e. The van der Waals surface area contributed by atoms with E-state index in [9.17, 15) is 0 Å². The van der Waals surface area contributed by atoms with Crippen LogP contribution in [0.15, 0.2) is 12.1 Å². The number of hydrogen-bond donors (Lipinski definition) is 1. The van der Waals surface area contributed by atoms with E-state index in [2.05, 4.69) is 28.7 Å². The Hall–Kier alpha value is -0.310. The van der Waals surface area contributed by atoms with E-state index in [0.29, 0.717) is 17.1 Å². The molecule has 0 aliphatic carbocycles. The van der Waals surface area contributed by atoms with Crippen LogP contribution in [0.1, 0.15) is 11.1 Å². The molecule has 2 N–H and O–H groups in total. The molecule has 0 saturated carbocycles. The SMILES string of the molecule is N#Cc1cc(Cl)c(CN)cc1I. The second-order valence-electron chi connectivity index (χ2n) is 2.24. The number of nitriles is 1. The molecule has 1 rings (SSSR count). The lowest BCUT2D eigenvalue weighted by atomic mass is 10.1. The highest BCUT2D eigenvalue weighted by atomic mass is 127. The van der Waals surface area contributed by atoms with Gasteiger partial charge >= 0.3 is 0 Å². The van der Waals surface area contributed by atoms with Gasteiger partial charge in [-0.2, -0.15) is 5.26 Å². The quantitative estimate of drug-likeness (QED) is 0.807. The van der Waals surface area contributed by atoms with Crippen molar-refractivity contribution in [1.29, 1.82) is 5.26 Å². The van der Waals surface area contributed by atoms with E-state index in [-0.39, 0.29) is 0 Å². The summed E-state index contributed by atoms with van der Waals surface area (Å²) >= 11 is 7.94. The topological polar surface area (TPSA) is 49.8 Å². The molecule has 0 bridgehead atoms. The molecule has 0 aliphatic rings. The van der Waals surface area contributed by atoms with Crippen LogP contribution in [-0.4, -0.2) is 0 Å². The first kappa shape index (κ1) is 9.78. The van der Waals surface area contributed by atoms with Crippen molar-refractivity contribution in [2.45, 2.75) is 6.54 Å². The van der Waals surface area contributed by atoms with Gasteiger partial charge in [-0.3, -0.25) is 0 Å². The molecule has 0 aromatic heterocycles. The molecule has 0 amide bonds. The zero-order chi connectivity index (χ0) is 9.14. The first-order valence-electron chi connectivity index (χ1n) is 3.27. The van der Waals surface area contributed by atoms with Crippen molar-refractivity contribution in [3.05, 3.63) is 31.9 Å². The summed E-state index contributed by atoms with van der Waals surface area (Å²) in [5.41, 5.74) is 6.91. The van der Waals surface area contributed by atoms with E-state index in [1.54, 1.807) is 6.07 Å². The summed E-state index contributed by atoms with van der Waals surface area (Å²) in [4.78, 5) is 0. The monoisotopic (exact) mass is 292 g/mol. The number of nitrogens with two attached hydrogens (primary N) is 1. The Morgan fingerprint density at radius 3 is 2.75 bits per heavy atom. The van der Waals surface area contributed by atoms with Crippen molar-refractivity contribution in [3.8, 4) is 6.07 Å². The highest BCUT2D eigenvalue weighted by Crippen LogP contribution is 2.21. The molecule has 2 nitrogen and oxygen atoms in total. The van der Waals surface area contributed by atoms with Gasteiger partial charge in [-0.05, 0) is 40.3 Å². The van der Waals surface area contributed by atoms with Crippen LogP contribution < -0.4 is 5.73 Å². The largest absolute Gasteiger partial charge is 0.326 e. The average Bonchev–Trinajstić information content (AvgIpc) is 2.08. The van der Waals surface area contributed by atoms with Crippen LogP contribution in [0.25, 0.3) is 0 Å². The minimum absolute atomic E-state index is 0.403. The van der Waals surface area contributed by atoms with Crippen LogP contribution >= 0.6 is 34.2 Å². The average molecular weight is 293 g/mol. The zero-order valence-electron chi connectivity index (χ0n) is 6.14. The molecular formula is C8H6ClIN2. The normalized spacial score (nSPS) is 9.50. The Kier molecular flexibility index (Phi) is 3.32. The summed E-state index contributed by atoms with van der Waals surface area (Å²) in [6.45, 7) is 0.403. The Balaban J connectivity index is 3.28. The molecule has 1 aromatic carbocycles. The van der Waals surface area contributed by atoms with Gasteiger partial charge in [0.1, 0.15) is 6.07 Å². The standard InChI is InChI=1S/C8H6ClIN2/c9-7-1-6(4-12)8(10)2-5(7)3-11/h1-2H,3,11H2. The van der Waals surface area contributed by atoms with E-state index >= 15 is 0 Å². The molecule has 0 aliphatic heterocycles. The molecule has 0 radical (unpaired) electrons. The maximum atomic E-state index is 8.66. The zero-order valence-corrected chi connectivity index (χ0v) is 9.06. The van der Waals surface area contributed by atoms with Crippen LogP contribution in [-0.2, 0) is 6.54 Å². The third-order valence-corrected chi connectivity index (χ3v) is 2.72. The van der Waals surface area contributed by atoms with Crippen molar-refractivity contribution in [1.82, 2.24) is 0 Å². The van der Waals surface area contributed by atoms with E-state index in [1.165, 1.54) is 0 Å². The number of hydrogen-bond acceptors (Lipinski definition) is 2. The molecule has 0 atom stereocenters. The molecule has 0 spiro atoms. The first-order chi connectivity index (χ1) is 5.69. The molecule has 1 aromatic rings. The summed E-state index contributed by atoms with van der Waals surface area (Å²) in [7, 11) is 0. The van der Waals surface area contributed by atoms with Crippen molar-refractivity contribution in [3.63, 3.8) is 0 Å². The molecule has 0 saturated heterocycles. The fraction of sp³-hybridized carbons (Fsp3) is 0.125. The van der Waals surface area contributed by atoms with Gasteiger partial charge in [0.05, 0.1) is 5.56 Å². The maximum Gasteiger partial charge on any atom is 0.100 e. The Bertz CT molecular complexity index is 343. The Labute approximate surface area is 89.5 Å². The highest BCUT2D eigenvalue weighted by Gasteiger charge is 2.04. The van der Waals surface area contributed by atoms with Crippen LogP contribution in [0, 0.1) is 14.9 Å². The number of halogens is 2. The number of nitrogens with zero attached hydrogens (tertiary/aromatic N) is 1. The van der Waals surface area contributed by atoms with Crippen molar-refractivity contribution < 1.29 is 0 Å². The fourth-order valence-corrected chi connectivity index (χ4v) is 1.72. The van der Waals surface area contributed by atoms with E-state index in [1.807, 2.05) is 6.07 Å². The van der Waals surface area contributed by atoms with Crippen molar-refractivity contribution in [2.75, 3.05) is 0 Å². The van der Waals surface area contributed by atoms with Crippen LogP contribution in [0.2, 0.25) is 5.02 Å². The molecule has 0 unspecified atom stereocenters. The summed E-state index contributed by atoms with van der Waals surface area (Å²) in [6.07, 6.45) is 0. The molecule has 0 fully saturated rings. The van der Waals surface area contributed by atoms with Crippen molar-refractivity contribution in [2.24, 2.45) is 5.73 Å². The fourth-order valence-electron chi connectivity index (χ4n) is 0.830. The van der Waals surface area contributed by atoms with Gasteiger partial charge in [0.2, 0.25) is 0 Å². The maximum absolute atomic E-state index is 8.66. The van der Waals surface area contributed by atoms with Crippen LogP contribution in [0.4, 0.5) is 0 Å². The van der Waals surface area contributed by atoms with Gasteiger partial charge in [0, 0.05) is 15.1 Å². The van der Waals surface area contributed by atoms with E-state index < -0.39 is 0 Å². The van der Waals surface area contributed by atoms with Gasteiger partial charge in [-0.25, -0.2) is 0 Å². The minimum atomic E-state index is 0.403. The lowest BCUT2D eigenvalue weighted by Crippen LogP contribution is -1.98. The second-order valence-corrected chi connectivity index (χ2v) is 3.81. The molecule has 62 valence electrons. The summed E-state index contributed by atoms with van der Waals surface area (Å²) in [6, 6.07) is 5.53. The molecule has 12 heavy (non-hydrogen) atoms. The third-order valence-electron chi connectivity index (χ3n) is 1.48. The molecule has 0 heterocycles. The molecular weight excluding hydrogens is 286 g/mol. The lowest BCUT2D eigenvalue weighted by Gasteiger charge is -2.02. The van der Waals surface area contributed by atoms with Crippen LogP contribution in [0.3, 0.4) is 0 Å². The Morgan fingerprint density at radius 2 is 2.25 bits per heavy atom. The van der Waals surface area contributed by atoms with Gasteiger partial charge in [-0.1, -0.05) is 11.6 Å². The predicted octanol–water partition coefficient (Wildman–Crippen LogP) is 2.27. The van der Waals surface area contributed by atoms with Gasteiger partial charge in [0.25, 0.3) is 0 Å². The smallest absolute Gasteiger partial charge is 0.100 e. The Morgan fingerprint density at radius 1 is 1.58 bits per heavy atom. The van der Waals surface area contributed by atoms with E-state index in [0.717, 1.165) is 9.13 Å². The predicted molar refractivity (Wildman–Crippen MR) is 56.8 cm³/mol. The highest BCUT2D eigenvalue weighted by molar-refractivity contribution is 14.1. The van der Waals surface area contributed by atoms with Gasteiger partial charge < -0.3 is 5.73 Å². The van der Waals surface area contributed by atoms with E-state index in [4.69, 9.17) is 22.6 Å². The summed E-state index contributed by atoms with van der Waals surface area (Å²) in [5, 5.41) is 9.23. The third kappa shape index (κ3) is 1.89.